The molecule has 0 aromatic heterocycles. The zero-order valence-electron chi connectivity index (χ0n) is 10.8. The quantitative estimate of drug-likeness (QED) is 0.511. The number of unbranched alkanes of at least 4 members (excludes halogenated alkanes) is 2. The van der Waals surface area contributed by atoms with E-state index in [1.165, 1.54) is 51.5 Å². The minimum atomic E-state index is 0.934. The first-order chi connectivity index (χ1) is 7.86. The van der Waals surface area contributed by atoms with Crippen molar-refractivity contribution in [3.8, 4) is 12.3 Å². The van der Waals surface area contributed by atoms with Crippen molar-refractivity contribution in [1.82, 2.24) is 5.32 Å². The molecule has 1 rings (SSSR count). The highest BCUT2D eigenvalue weighted by molar-refractivity contribution is 4.83. The van der Waals surface area contributed by atoms with Crippen molar-refractivity contribution < 1.29 is 0 Å². The van der Waals surface area contributed by atoms with Crippen LogP contribution in [-0.4, -0.2) is 13.1 Å². The van der Waals surface area contributed by atoms with Gasteiger partial charge in [-0.05, 0) is 50.6 Å². The summed E-state index contributed by atoms with van der Waals surface area (Å²) in [4.78, 5) is 0. The smallest absolute Gasteiger partial charge is 0.00865 e. The lowest BCUT2D eigenvalue weighted by atomic mass is 9.80. The highest BCUT2D eigenvalue weighted by Gasteiger charge is 2.19. The second kappa shape index (κ2) is 8.65. The molecule has 1 saturated carbocycles. The van der Waals surface area contributed by atoms with E-state index in [-0.39, 0.29) is 0 Å². The fourth-order valence-corrected chi connectivity index (χ4v) is 2.74. The molecule has 1 aliphatic carbocycles. The minimum Gasteiger partial charge on any atom is -0.316 e. The van der Waals surface area contributed by atoms with Crippen molar-refractivity contribution in [2.75, 3.05) is 13.1 Å². The summed E-state index contributed by atoms with van der Waals surface area (Å²) < 4.78 is 0. The molecule has 1 nitrogen and oxygen atoms in total. The molecule has 0 bridgehead atoms. The van der Waals surface area contributed by atoms with Gasteiger partial charge in [-0.2, -0.15) is 0 Å². The van der Waals surface area contributed by atoms with Gasteiger partial charge in [0.2, 0.25) is 0 Å². The monoisotopic (exact) mass is 221 g/mol. The van der Waals surface area contributed by atoms with E-state index in [4.69, 9.17) is 6.42 Å². The summed E-state index contributed by atoms with van der Waals surface area (Å²) in [5.74, 6) is 4.63. The van der Waals surface area contributed by atoms with Crippen LogP contribution < -0.4 is 5.32 Å². The third-order valence-corrected chi connectivity index (χ3v) is 3.83. The normalized spacial score (nSPS) is 25.2. The minimum absolute atomic E-state index is 0.934. The Morgan fingerprint density at radius 3 is 2.81 bits per heavy atom. The van der Waals surface area contributed by atoms with E-state index < -0.39 is 0 Å². The van der Waals surface area contributed by atoms with Gasteiger partial charge in [0.15, 0.2) is 0 Å². The third-order valence-electron chi connectivity index (χ3n) is 3.83. The molecule has 0 aromatic rings. The number of terminal acetylenes is 1. The van der Waals surface area contributed by atoms with Crippen LogP contribution in [-0.2, 0) is 0 Å². The predicted octanol–water partition coefficient (Wildman–Crippen LogP) is 3.60. The van der Waals surface area contributed by atoms with Crippen molar-refractivity contribution in [2.45, 2.75) is 58.3 Å². The summed E-state index contributed by atoms with van der Waals surface area (Å²) >= 11 is 0. The Bertz CT molecular complexity index is 204. The van der Waals surface area contributed by atoms with E-state index in [9.17, 15) is 0 Å². The van der Waals surface area contributed by atoms with E-state index in [0.29, 0.717) is 0 Å². The van der Waals surface area contributed by atoms with Crippen LogP contribution in [0.2, 0.25) is 0 Å². The Kier molecular flexibility index (Phi) is 7.34. The van der Waals surface area contributed by atoms with E-state index in [1.54, 1.807) is 0 Å². The van der Waals surface area contributed by atoms with Crippen molar-refractivity contribution >= 4 is 0 Å². The van der Waals surface area contributed by atoms with Crippen molar-refractivity contribution in [3.05, 3.63) is 0 Å². The fraction of sp³-hybridized carbons (Fsp3) is 0.867. The summed E-state index contributed by atoms with van der Waals surface area (Å²) in [6, 6.07) is 0. The van der Waals surface area contributed by atoms with Gasteiger partial charge in [-0.15, -0.1) is 12.3 Å². The van der Waals surface area contributed by atoms with E-state index in [1.807, 2.05) is 0 Å². The average molecular weight is 221 g/mol. The van der Waals surface area contributed by atoms with Crippen LogP contribution >= 0.6 is 0 Å². The largest absolute Gasteiger partial charge is 0.316 e. The fourth-order valence-electron chi connectivity index (χ4n) is 2.74. The Labute approximate surface area is 101 Å². The molecule has 1 heteroatoms. The Balaban J connectivity index is 1.98. The first-order valence-electron chi connectivity index (χ1n) is 7.01. The third kappa shape index (κ3) is 5.56. The molecule has 16 heavy (non-hydrogen) atoms. The van der Waals surface area contributed by atoms with Gasteiger partial charge in [-0.3, -0.25) is 0 Å². The molecule has 0 aromatic carbocycles. The molecule has 2 unspecified atom stereocenters. The summed E-state index contributed by atoms with van der Waals surface area (Å²) in [7, 11) is 0. The standard InChI is InChI=1S/C15H27N/c1-3-5-6-7-11-16-13-15-10-8-9-14(4-2)12-15/h1,14-16H,4-13H2,2H3. The van der Waals surface area contributed by atoms with Gasteiger partial charge in [-0.25, -0.2) is 0 Å². The van der Waals surface area contributed by atoms with Crippen LogP contribution in [0.4, 0.5) is 0 Å². The van der Waals surface area contributed by atoms with E-state index in [0.717, 1.165) is 24.8 Å². The maximum Gasteiger partial charge on any atom is 0.00865 e. The zero-order valence-corrected chi connectivity index (χ0v) is 10.8. The predicted molar refractivity (Wildman–Crippen MR) is 71.3 cm³/mol. The molecule has 0 amide bonds. The molecule has 1 aliphatic rings. The van der Waals surface area contributed by atoms with E-state index in [2.05, 4.69) is 18.2 Å². The lowest BCUT2D eigenvalue weighted by molar-refractivity contribution is 0.254. The SMILES string of the molecule is C#CCCCCNCC1CCCC(CC)C1. The average Bonchev–Trinajstić information content (AvgIpc) is 2.34. The van der Waals surface area contributed by atoms with Crippen LogP contribution in [0.15, 0.2) is 0 Å². The summed E-state index contributed by atoms with van der Waals surface area (Å²) in [6.07, 6.45) is 15.7. The van der Waals surface area contributed by atoms with Crippen LogP contribution in [0.25, 0.3) is 0 Å². The van der Waals surface area contributed by atoms with Gasteiger partial charge in [0.1, 0.15) is 0 Å². The van der Waals surface area contributed by atoms with Gasteiger partial charge in [0.05, 0.1) is 0 Å². The Morgan fingerprint density at radius 1 is 1.25 bits per heavy atom. The molecule has 2 atom stereocenters. The molecule has 0 spiro atoms. The van der Waals surface area contributed by atoms with Gasteiger partial charge < -0.3 is 5.32 Å². The topological polar surface area (TPSA) is 12.0 Å². The first-order valence-corrected chi connectivity index (χ1v) is 7.01. The highest BCUT2D eigenvalue weighted by Crippen LogP contribution is 2.30. The number of rotatable bonds is 7. The molecule has 0 radical (unpaired) electrons. The lowest BCUT2D eigenvalue weighted by Crippen LogP contribution is -2.27. The number of hydrogen-bond acceptors (Lipinski definition) is 1. The number of hydrogen-bond donors (Lipinski definition) is 1. The van der Waals surface area contributed by atoms with Crippen molar-refractivity contribution in [3.63, 3.8) is 0 Å². The van der Waals surface area contributed by atoms with E-state index >= 15 is 0 Å². The summed E-state index contributed by atoms with van der Waals surface area (Å²) in [5, 5.41) is 3.59. The molecule has 1 fully saturated rings. The second-order valence-corrected chi connectivity index (χ2v) is 5.17. The Morgan fingerprint density at radius 2 is 2.06 bits per heavy atom. The maximum atomic E-state index is 5.22. The van der Waals surface area contributed by atoms with Crippen LogP contribution in [0.5, 0.6) is 0 Å². The number of nitrogens with one attached hydrogen (secondary N) is 1. The molecule has 0 saturated heterocycles. The van der Waals surface area contributed by atoms with Crippen LogP contribution in [0.1, 0.15) is 58.3 Å². The zero-order chi connectivity index (χ0) is 11.6. The van der Waals surface area contributed by atoms with Crippen molar-refractivity contribution in [1.29, 1.82) is 0 Å². The van der Waals surface area contributed by atoms with Gasteiger partial charge >= 0.3 is 0 Å². The molecule has 0 heterocycles. The lowest BCUT2D eigenvalue weighted by Gasteiger charge is -2.28. The summed E-state index contributed by atoms with van der Waals surface area (Å²) in [5.41, 5.74) is 0. The van der Waals surface area contributed by atoms with Gasteiger partial charge in [0, 0.05) is 6.42 Å². The van der Waals surface area contributed by atoms with Gasteiger partial charge in [-0.1, -0.05) is 26.2 Å². The maximum absolute atomic E-state index is 5.22. The highest BCUT2D eigenvalue weighted by atomic mass is 14.9. The van der Waals surface area contributed by atoms with Gasteiger partial charge in [0.25, 0.3) is 0 Å². The van der Waals surface area contributed by atoms with Crippen molar-refractivity contribution in [2.24, 2.45) is 11.8 Å². The Hall–Kier alpha value is -0.480. The molecule has 1 N–H and O–H groups in total. The second-order valence-electron chi connectivity index (χ2n) is 5.17. The molecular formula is C15H27N. The van der Waals surface area contributed by atoms with Crippen LogP contribution in [0.3, 0.4) is 0 Å². The molecular weight excluding hydrogens is 194 g/mol. The first kappa shape index (κ1) is 13.6. The molecule has 0 aliphatic heterocycles. The summed E-state index contributed by atoms with van der Waals surface area (Å²) in [6.45, 7) is 4.71. The molecule has 92 valence electrons. The van der Waals surface area contributed by atoms with Crippen LogP contribution in [0, 0.1) is 24.2 Å².